The van der Waals surface area contributed by atoms with Crippen LogP contribution in [-0.2, 0) is 17.8 Å². The quantitative estimate of drug-likeness (QED) is 0.634. The van der Waals surface area contributed by atoms with Gasteiger partial charge in [0.2, 0.25) is 5.91 Å². The summed E-state index contributed by atoms with van der Waals surface area (Å²) < 4.78 is 0. The molecule has 1 aliphatic heterocycles. The molecule has 5 heteroatoms. The SMILES string of the molecule is CC(C)C[C@@H]1N[C@H](C(=O)NCc2cccs2)Cc2c[nH]c3cccc1c23. The number of carbonyl (C=O) groups is 1. The summed E-state index contributed by atoms with van der Waals surface area (Å²) >= 11 is 1.67. The van der Waals surface area contributed by atoms with E-state index in [1.807, 2.05) is 11.4 Å². The zero-order valence-corrected chi connectivity index (χ0v) is 16.0. The Bertz CT molecular complexity index is 897. The van der Waals surface area contributed by atoms with Crippen LogP contribution < -0.4 is 10.6 Å². The van der Waals surface area contributed by atoms with E-state index in [4.69, 9.17) is 0 Å². The lowest BCUT2D eigenvalue weighted by molar-refractivity contribution is -0.123. The summed E-state index contributed by atoms with van der Waals surface area (Å²) in [5.41, 5.74) is 3.69. The van der Waals surface area contributed by atoms with Gasteiger partial charge >= 0.3 is 0 Å². The van der Waals surface area contributed by atoms with Crippen molar-refractivity contribution in [2.24, 2.45) is 5.92 Å². The van der Waals surface area contributed by atoms with E-state index in [1.165, 1.54) is 21.4 Å². The first-order chi connectivity index (χ1) is 12.6. The van der Waals surface area contributed by atoms with E-state index in [-0.39, 0.29) is 18.0 Å². The van der Waals surface area contributed by atoms with Crippen LogP contribution >= 0.6 is 11.3 Å². The van der Waals surface area contributed by atoms with Crippen molar-refractivity contribution in [3.05, 3.63) is 57.9 Å². The monoisotopic (exact) mass is 367 g/mol. The predicted molar refractivity (Wildman–Crippen MR) is 107 cm³/mol. The molecule has 3 N–H and O–H groups in total. The van der Waals surface area contributed by atoms with Gasteiger partial charge in [0.1, 0.15) is 0 Å². The van der Waals surface area contributed by atoms with Crippen molar-refractivity contribution in [1.29, 1.82) is 0 Å². The van der Waals surface area contributed by atoms with E-state index in [0.717, 1.165) is 11.9 Å². The third-order valence-corrected chi connectivity index (χ3v) is 5.94. The molecule has 4 nitrogen and oxygen atoms in total. The van der Waals surface area contributed by atoms with Crippen LogP contribution in [-0.4, -0.2) is 16.9 Å². The lowest BCUT2D eigenvalue weighted by atomic mass is 9.94. The first-order valence-corrected chi connectivity index (χ1v) is 10.1. The summed E-state index contributed by atoms with van der Waals surface area (Å²) in [6.45, 7) is 5.06. The van der Waals surface area contributed by atoms with Crippen LogP contribution in [0.15, 0.2) is 41.9 Å². The van der Waals surface area contributed by atoms with Crippen molar-refractivity contribution < 1.29 is 4.79 Å². The number of H-pyrrole nitrogens is 1. The molecule has 2 atom stereocenters. The third kappa shape index (κ3) is 3.41. The minimum absolute atomic E-state index is 0.0781. The molecule has 1 amide bonds. The number of carbonyl (C=O) groups excluding carboxylic acids is 1. The molecule has 0 fully saturated rings. The molecule has 2 aromatic heterocycles. The molecule has 3 aromatic rings. The van der Waals surface area contributed by atoms with E-state index in [1.54, 1.807) is 11.3 Å². The van der Waals surface area contributed by atoms with E-state index >= 15 is 0 Å². The molecule has 3 heterocycles. The molecule has 136 valence electrons. The van der Waals surface area contributed by atoms with Gasteiger partial charge in [0, 0.05) is 28.0 Å². The van der Waals surface area contributed by atoms with Crippen molar-refractivity contribution >= 4 is 28.1 Å². The molecule has 0 unspecified atom stereocenters. The maximum absolute atomic E-state index is 12.9. The molecule has 4 rings (SSSR count). The smallest absolute Gasteiger partial charge is 0.237 e. The molecule has 0 aliphatic carbocycles. The summed E-state index contributed by atoms with van der Waals surface area (Å²) in [6.07, 6.45) is 3.79. The van der Waals surface area contributed by atoms with E-state index in [9.17, 15) is 4.79 Å². The topological polar surface area (TPSA) is 56.9 Å². The molecule has 0 radical (unpaired) electrons. The molecule has 1 aromatic carbocycles. The maximum atomic E-state index is 12.9. The Labute approximate surface area is 158 Å². The van der Waals surface area contributed by atoms with Gasteiger partial charge in [-0.25, -0.2) is 0 Å². The molecule has 0 spiro atoms. The van der Waals surface area contributed by atoms with Crippen LogP contribution in [0.3, 0.4) is 0 Å². The van der Waals surface area contributed by atoms with Gasteiger partial charge in [0.25, 0.3) is 0 Å². The molecule has 26 heavy (non-hydrogen) atoms. The molecular formula is C21H25N3OS. The molecule has 0 saturated carbocycles. The number of aromatic amines is 1. The summed E-state index contributed by atoms with van der Waals surface area (Å²) in [6, 6.07) is 10.5. The highest BCUT2D eigenvalue weighted by Gasteiger charge is 2.30. The Morgan fingerprint density at radius 2 is 2.19 bits per heavy atom. The van der Waals surface area contributed by atoms with Gasteiger partial charge in [-0.05, 0) is 47.4 Å². The Morgan fingerprint density at radius 1 is 1.31 bits per heavy atom. The zero-order chi connectivity index (χ0) is 18.1. The normalized spacial score (nSPS) is 19.7. The number of thiophene rings is 1. The fourth-order valence-corrected chi connectivity index (χ4v) is 4.54. The maximum Gasteiger partial charge on any atom is 0.237 e. The van der Waals surface area contributed by atoms with Crippen LogP contribution in [0.2, 0.25) is 0 Å². The second-order valence-corrected chi connectivity index (χ2v) is 8.52. The summed E-state index contributed by atoms with van der Waals surface area (Å²) in [5, 5.41) is 10.1. The summed E-state index contributed by atoms with van der Waals surface area (Å²) in [4.78, 5) is 17.4. The third-order valence-electron chi connectivity index (χ3n) is 5.06. The molecular weight excluding hydrogens is 342 g/mol. The molecule has 0 bridgehead atoms. The van der Waals surface area contributed by atoms with Gasteiger partial charge < -0.3 is 10.3 Å². The fraction of sp³-hybridized carbons (Fsp3) is 0.381. The number of hydrogen-bond donors (Lipinski definition) is 3. The standard InChI is InChI=1S/C21H25N3OS/c1-13(2)9-18-16-6-3-7-17-20(16)14(11-22-17)10-19(24-18)21(25)23-12-15-5-4-8-26-15/h3-8,11,13,18-19,22,24H,9-10,12H2,1-2H3,(H,23,25)/t18-,19-/m0/s1. The average molecular weight is 368 g/mol. The molecule has 0 saturated heterocycles. The first-order valence-electron chi connectivity index (χ1n) is 9.27. The highest BCUT2D eigenvalue weighted by Crippen LogP contribution is 2.34. The van der Waals surface area contributed by atoms with Gasteiger partial charge in [-0.15, -0.1) is 11.3 Å². The Kier molecular flexibility index (Phi) is 4.83. The number of hydrogen-bond acceptors (Lipinski definition) is 3. The van der Waals surface area contributed by atoms with Gasteiger partial charge in [0.15, 0.2) is 0 Å². The van der Waals surface area contributed by atoms with Crippen molar-refractivity contribution in [3.63, 3.8) is 0 Å². The van der Waals surface area contributed by atoms with Gasteiger partial charge in [0.05, 0.1) is 12.6 Å². The van der Waals surface area contributed by atoms with E-state index in [0.29, 0.717) is 18.9 Å². The highest BCUT2D eigenvalue weighted by atomic mass is 32.1. The van der Waals surface area contributed by atoms with Crippen molar-refractivity contribution in [2.45, 2.75) is 45.3 Å². The largest absolute Gasteiger partial charge is 0.361 e. The van der Waals surface area contributed by atoms with Crippen LogP contribution in [0.1, 0.15) is 42.3 Å². The Hall–Kier alpha value is -2.11. The van der Waals surface area contributed by atoms with Crippen molar-refractivity contribution in [3.8, 4) is 0 Å². The molecule has 1 aliphatic rings. The highest BCUT2D eigenvalue weighted by molar-refractivity contribution is 7.09. The van der Waals surface area contributed by atoms with Gasteiger partial charge in [-0.3, -0.25) is 10.1 Å². The first kappa shape index (κ1) is 17.3. The summed E-state index contributed by atoms with van der Waals surface area (Å²) in [7, 11) is 0. The van der Waals surface area contributed by atoms with Gasteiger partial charge in [-0.2, -0.15) is 0 Å². The minimum Gasteiger partial charge on any atom is -0.361 e. The zero-order valence-electron chi connectivity index (χ0n) is 15.2. The van der Waals surface area contributed by atoms with Gasteiger partial charge in [-0.1, -0.05) is 32.0 Å². The summed E-state index contributed by atoms with van der Waals surface area (Å²) in [5.74, 6) is 0.632. The Balaban J connectivity index is 1.60. The fourth-order valence-electron chi connectivity index (χ4n) is 3.89. The van der Waals surface area contributed by atoms with E-state index < -0.39 is 0 Å². The number of aromatic nitrogens is 1. The lowest BCUT2D eigenvalue weighted by Gasteiger charge is -2.25. The van der Waals surface area contributed by atoms with Crippen LogP contribution in [0.4, 0.5) is 0 Å². The lowest BCUT2D eigenvalue weighted by Crippen LogP contribution is -2.46. The van der Waals surface area contributed by atoms with Crippen molar-refractivity contribution in [1.82, 2.24) is 15.6 Å². The van der Waals surface area contributed by atoms with Crippen molar-refractivity contribution in [2.75, 3.05) is 0 Å². The Morgan fingerprint density at radius 3 is 2.96 bits per heavy atom. The number of amides is 1. The van der Waals surface area contributed by atoms with E-state index in [2.05, 4.69) is 59.9 Å². The number of nitrogens with one attached hydrogen (secondary N) is 3. The second-order valence-electron chi connectivity index (χ2n) is 7.49. The predicted octanol–water partition coefficient (Wildman–Crippen LogP) is 4.15. The van der Waals surface area contributed by atoms with Crippen LogP contribution in [0, 0.1) is 5.92 Å². The minimum atomic E-state index is -0.217. The van der Waals surface area contributed by atoms with Crippen LogP contribution in [0.5, 0.6) is 0 Å². The average Bonchev–Trinajstić information content (AvgIpc) is 3.24. The number of rotatable bonds is 5. The second kappa shape index (κ2) is 7.25. The number of benzene rings is 1. The van der Waals surface area contributed by atoms with Crippen LogP contribution in [0.25, 0.3) is 10.9 Å².